The highest BCUT2D eigenvalue weighted by atomic mass is 79.9. The molecule has 0 aliphatic carbocycles. The standard InChI is InChI=1S/C16H23BrO3/c1-6-20-15(16(2,3)4)14(18)10-11-9-12(19-5)7-8-13(11)17/h7-9,15H,6,10H2,1-5H3. The maximum absolute atomic E-state index is 12.5. The van der Waals surface area contributed by atoms with Gasteiger partial charge in [0.2, 0.25) is 0 Å². The first kappa shape index (κ1) is 17.2. The summed E-state index contributed by atoms with van der Waals surface area (Å²) in [6.45, 7) is 8.50. The summed E-state index contributed by atoms with van der Waals surface area (Å²) in [5.74, 6) is 0.841. The number of rotatable bonds is 6. The molecule has 0 bridgehead atoms. The Hall–Kier alpha value is -0.870. The van der Waals surface area contributed by atoms with E-state index in [0.29, 0.717) is 13.0 Å². The number of halogens is 1. The summed E-state index contributed by atoms with van der Waals surface area (Å²) in [4.78, 5) is 12.5. The summed E-state index contributed by atoms with van der Waals surface area (Å²) in [6.07, 6.45) is -0.0645. The van der Waals surface area contributed by atoms with E-state index < -0.39 is 6.10 Å². The van der Waals surface area contributed by atoms with Crippen LogP contribution in [-0.2, 0) is 16.0 Å². The van der Waals surface area contributed by atoms with Crippen molar-refractivity contribution in [2.75, 3.05) is 13.7 Å². The van der Waals surface area contributed by atoms with Crippen molar-refractivity contribution in [2.24, 2.45) is 5.41 Å². The highest BCUT2D eigenvalue weighted by Gasteiger charge is 2.31. The number of ketones is 1. The Morgan fingerprint density at radius 3 is 2.50 bits per heavy atom. The lowest BCUT2D eigenvalue weighted by Crippen LogP contribution is -2.38. The summed E-state index contributed by atoms with van der Waals surface area (Å²) in [5.41, 5.74) is 0.710. The fourth-order valence-corrected chi connectivity index (χ4v) is 2.47. The van der Waals surface area contributed by atoms with Gasteiger partial charge in [-0.05, 0) is 36.1 Å². The van der Waals surface area contributed by atoms with Gasteiger partial charge in [-0.1, -0.05) is 36.7 Å². The van der Waals surface area contributed by atoms with Gasteiger partial charge in [-0.2, -0.15) is 0 Å². The first-order chi connectivity index (χ1) is 9.29. The summed E-state index contributed by atoms with van der Waals surface area (Å²) >= 11 is 3.48. The van der Waals surface area contributed by atoms with Crippen molar-refractivity contribution in [1.82, 2.24) is 0 Å². The van der Waals surface area contributed by atoms with E-state index in [0.717, 1.165) is 15.8 Å². The molecule has 0 N–H and O–H groups in total. The van der Waals surface area contributed by atoms with Crippen LogP contribution >= 0.6 is 15.9 Å². The lowest BCUT2D eigenvalue weighted by Gasteiger charge is -2.29. The highest BCUT2D eigenvalue weighted by Crippen LogP contribution is 2.27. The summed E-state index contributed by atoms with van der Waals surface area (Å²) < 4.78 is 11.8. The lowest BCUT2D eigenvalue weighted by molar-refractivity contribution is -0.136. The Labute approximate surface area is 129 Å². The monoisotopic (exact) mass is 342 g/mol. The van der Waals surface area contributed by atoms with E-state index in [1.807, 2.05) is 45.9 Å². The van der Waals surface area contributed by atoms with Crippen LogP contribution in [0, 0.1) is 5.41 Å². The molecule has 1 aromatic carbocycles. The first-order valence-electron chi connectivity index (χ1n) is 6.76. The maximum Gasteiger partial charge on any atom is 0.166 e. The number of carbonyl (C=O) groups is 1. The topological polar surface area (TPSA) is 35.5 Å². The fraction of sp³-hybridized carbons (Fsp3) is 0.562. The van der Waals surface area contributed by atoms with Crippen LogP contribution in [0.4, 0.5) is 0 Å². The van der Waals surface area contributed by atoms with Crippen LogP contribution in [-0.4, -0.2) is 25.6 Å². The molecule has 112 valence electrons. The number of hydrogen-bond acceptors (Lipinski definition) is 3. The quantitative estimate of drug-likeness (QED) is 0.783. The zero-order valence-corrected chi connectivity index (χ0v) is 14.4. The van der Waals surface area contributed by atoms with Gasteiger partial charge in [0.15, 0.2) is 5.78 Å². The zero-order chi connectivity index (χ0) is 15.3. The minimum Gasteiger partial charge on any atom is -0.497 e. The molecule has 0 radical (unpaired) electrons. The number of benzene rings is 1. The maximum atomic E-state index is 12.5. The van der Waals surface area contributed by atoms with Crippen molar-refractivity contribution in [3.05, 3.63) is 28.2 Å². The minimum absolute atomic E-state index is 0.0910. The number of hydrogen-bond donors (Lipinski definition) is 0. The molecule has 0 spiro atoms. The van der Waals surface area contributed by atoms with Crippen molar-refractivity contribution in [3.63, 3.8) is 0 Å². The largest absolute Gasteiger partial charge is 0.497 e. The van der Waals surface area contributed by atoms with Gasteiger partial charge in [0.05, 0.1) is 7.11 Å². The second-order valence-corrected chi connectivity index (χ2v) is 6.66. The number of methoxy groups -OCH3 is 1. The van der Waals surface area contributed by atoms with E-state index in [1.54, 1.807) is 7.11 Å². The van der Waals surface area contributed by atoms with E-state index in [-0.39, 0.29) is 11.2 Å². The Bertz CT molecular complexity index is 463. The van der Waals surface area contributed by atoms with Gasteiger partial charge in [0, 0.05) is 17.5 Å². The minimum atomic E-state index is -0.398. The molecule has 0 aromatic heterocycles. The molecule has 0 saturated heterocycles. The molecule has 1 atom stereocenters. The summed E-state index contributed by atoms with van der Waals surface area (Å²) in [7, 11) is 1.62. The smallest absolute Gasteiger partial charge is 0.166 e. The Kier molecular flexibility index (Phi) is 6.21. The molecule has 0 heterocycles. The fourth-order valence-electron chi connectivity index (χ4n) is 2.09. The third-order valence-electron chi connectivity index (χ3n) is 3.03. The molecule has 0 aliphatic heterocycles. The predicted molar refractivity (Wildman–Crippen MR) is 84.3 cm³/mol. The van der Waals surface area contributed by atoms with Crippen LogP contribution in [0.15, 0.2) is 22.7 Å². The lowest BCUT2D eigenvalue weighted by atomic mass is 9.84. The molecule has 0 amide bonds. The van der Waals surface area contributed by atoms with E-state index >= 15 is 0 Å². The predicted octanol–water partition coefficient (Wildman–Crippen LogP) is 4.02. The van der Waals surface area contributed by atoms with Gasteiger partial charge >= 0.3 is 0 Å². The van der Waals surface area contributed by atoms with Crippen molar-refractivity contribution in [1.29, 1.82) is 0 Å². The molecule has 0 fully saturated rings. The van der Waals surface area contributed by atoms with Gasteiger partial charge in [0.25, 0.3) is 0 Å². The Balaban J connectivity index is 2.93. The van der Waals surface area contributed by atoms with Crippen LogP contribution in [0.3, 0.4) is 0 Å². The second kappa shape index (κ2) is 7.23. The zero-order valence-electron chi connectivity index (χ0n) is 12.8. The van der Waals surface area contributed by atoms with E-state index in [1.165, 1.54) is 0 Å². The second-order valence-electron chi connectivity index (χ2n) is 5.80. The molecule has 20 heavy (non-hydrogen) atoms. The first-order valence-corrected chi connectivity index (χ1v) is 7.55. The molecule has 1 aromatic rings. The van der Waals surface area contributed by atoms with Crippen LogP contribution in [0.5, 0.6) is 5.75 Å². The summed E-state index contributed by atoms with van der Waals surface area (Å²) in [5, 5.41) is 0. The SMILES string of the molecule is CCOC(C(=O)Cc1cc(OC)ccc1Br)C(C)(C)C. The van der Waals surface area contributed by atoms with Gasteiger partial charge in [-0.25, -0.2) is 0 Å². The molecular weight excluding hydrogens is 320 g/mol. The molecule has 0 aliphatic rings. The summed E-state index contributed by atoms with van der Waals surface area (Å²) in [6, 6.07) is 5.64. The molecule has 3 nitrogen and oxygen atoms in total. The number of carbonyl (C=O) groups excluding carboxylic acids is 1. The van der Waals surface area contributed by atoms with Crippen molar-refractivity contribution in [3.8, 4) is 5.75 Å². The molecular formula is C16H23BrO3. The van der Waals surface area contributed by atoms with Crippen LogP contribution in [0.2, 0.25) is 0 Å². The average Bonchev–Trinajstić information content (AvgIpc) is 2.37. The van der Waals surface area contributed by atoms with Gasteiger partial charge in [0.1, 0.15) is 11.9 Å². The molecule has 0 saturated carbocycles. The van der Waals surface area contributed by atoms with Gasteiger partial charge in [-0.15, -0.1) is 0 Å². The average molecular weight is 343 g/mol. The number of Topliss-reactive ketones (excluding diaryl/α,β-unsaturated/α-hetero) is 1. The third-order valence-corrected chi connectivity index (χ3v) is 3.80. The van der Waals surface area contributed by atoms with E-state index in [4.69, 9.17) is 9.47 Å². The molecule has 1 rings (SSSR count). The molecule has 4 heteroatoms. The van der Waals surface area contributed by atoms with Crippen LogP contribution in [0.25, 0.3) is 0 Å². The number of ether oxygens (including phenoxy) is 2. The normalized spacial score (nSPS) is 13.1. The molecule has 1 unspecified atom stereocenters. The Morgan fingerprint density at radius 2 is 2.00 bits per heavy atom. The van der Waals surface area contributed by atoms with Crippen molar-refractivity contribution < 1.29 is 14.3 Å². The van der Waals surface area contributed by atoms with Gasteiger partial charge in [-0.3, -0.25) is 4.79 Å². The third kappa shape index (κ3) is 4.60. The Morgan fingerprint density at radius 1 is 1.35 bits per heavy atom. The van der Waals surface area contributed by atoms with Crippen molar-refractivity contribution in [2.45, 2.75) is 40.2 Å². The van der Waals surface area contributed by atoms with Gasteiger partial charge < -0.3 is 9.47 Å². The van der Waals surface area contributed by atoms with E-state index in [2.05, 4.69) is 15.9 Å². The van der Waals surface area contributed by atoms with Crippen LogP contribution in [0.1, 0.15) is 33.3 Å². The van der Waals surface area contributed by atoms with Crippen LogP contribution < -0.4 is 4.74 Å². The highest BCUT2D eigenvalue weighted by molar-refractivity contribution is 9.10. The van der Waals surface area contributed by atoms with E-state index in [9.17, 15) is 4.79 Å². The van der Waals surface area contributed by atoms with Crippen molar-refractivity contribution >= 4 is 21.7 Å².